The van der Waals surface area contributed by atoms with Gasteiger partial charge in [-0.2, -0.15) is 5.11 Å². The summed E-state index contributed by atoms with van der Waals surface area (Å²) in [6, 6.07) is 0. The molecule has 4 aliphatic heterocycles. The van der Waals surface area contributed by atoms with Crippen LogP contribution in [0, 0.1) is 16.7 Å². The predicted molar refractivity (Wildman–Crippen MR) is 118 cm³/mol. The van der Waals surface area contributed by atoms with Crippen LogP contribution in [-0.4, -0.2) is 48.4 Å². The lowest BCUT2D eigenvalue weighted by Crippen LogP contribution is -2.63. The zero-order valence-corrected chi connectivity index (χ0v) is 19.3. The Morgan fingerprint density at radius 1 is 1.19 bits per heavy atom. The molecule has 0 radical (unpaired) electrons. The van der Waals surface area contributed by atoms with Crippen LogP contribution < -0.4 is 5.32 Å². The monoisotopic (exact) mass is 438 g/mol. The molecule has 1 atom stereocenters. The highest BCUT2D eigenvalue weighted by Crippen LogP contribution is 2.58. The van der Waals surface area contributed by atoms with Crippen molar-refractivity contribution in [2.45, 2.75) is 77.2 Å². The van der Waals surface area contributed by atoms with E-state index >= 15 is 0 Å². The Balaban J connectivity index is 1.22. The Morgan fingerprint density at radius 2 is 1.97 bits per heavy atom. The highest BCUT2D eigenvalue weighted by atomic mass is 16.5. The van der Waals surface area contributed by atoms with E-state index in [4.69, 9.17) is 4.74 Å². The van der Waals surface area contributed by atoms with Crippen molar-refractivity contribution in [3.8, 4) is 0 Å². The normalized spacial score (nSPS) is 32.9. The maximum atomic E-state index is 13.4. The zero-order valence-electron chi connectivity index (χ0n) is 19.3. The number of allylic oxidation sites excluding steroid dienone is 1. The van der Waals surface area contributed by atoms with Gasteiger partial charge in [-0.15, -0.1) is 5.11 Å². The van der Waals surface area contributed by atoms with Crippen LogP contribution in [0.1, 0.15) is 71.6 Å². The minimum absolute atomic E-state index is 0.0616. The van der Waals surface area contributed by atoms with E-state index in [0.29, 0.717) is 45.0 Å². The molecule has 1 amide bonds. The molecule has 1 saturated carbocycles. The second kappa shape index (κ2) is 6.99. The highest BCUT2D eigenvalue weighted by molar-refractivity contribution is 6.00. The quantitative estimate of drug-likeness (QED) is 0.709. The number of azo groups is 1. The fourth-order valence-corrected chi connectivity index (χ4v) is 7.15. The number of hydrogen-bond acceptors (Lipinski definition) is 6. The first kappa shape index (κ1) is 20.6. The zero-order chi connectivity index (χ0) is 22.1. The van der Waals surface area contributed by atoms with Crippen LogP contribution in [0.5, 0.6) is 0 Å². The molecule has 3 fully saturated rings. The average Bonchev–Trinajstić information content (AvgIpc) is 3.32. The van der Waals surface area contributed by atoms with Crippen LogP contribution >= 0.6 is 0 Å². The molecule has 2 saturated heterocycles. The SMILES string of the molecule is CC1(C)CC(=O)C2=C(C1)NC1=C(CN=N1)C21COC2(CN(C(=O)CC3CCCCC3)C2)C1. The third-order valence-electron chi connectivity index (χ3n) is 8.63. The number of carbonyl (C=O) groups is 2. The summed E-state index contributed by atoms with van der Waals surface area (Å²) >= 11 is 0. The minimum atomic E-state index is -0.439. The molecule has 6 rings (SSSR count). The number of carbonyl (C=O) groups excluding carboxylic acids is 2. The summed E-state index contributed by atoms with van der Waals surface area (Å²) in [7, 11) is 0. The van der Waals surface area contributed by atoms with Crippen molar-refractivity contribution in [2.75, 3.05) is 26.2 Å². The predicted octanol–water partition coefficient (Wildman–Crippen LogP) is 3.87. The van der Waals surface area contributed by atoms with Crippen LogP contribution in [0.2, 0.25) is 0 Å². The molecule has 2 spiro atoms. The number of Topliss-reactive ketones (excluding diaryl/α,β-unsaturated/α-hetero) is 1. The number of nitrogens with zero attached hydrogens (tertiary/aromatic N) is 3. The largest absolute Gasteiger partial charge is 0.370 e. The lowest BCUT2D eigenvalue weighted by Gasteiger charge is -2.49. The number of hydrogen-bond donors (Lipinski definition) is 1. The van der Waals surface area contributed by atoms with Crippen molar-refractivity contribution in [1.82, 2.24) is 10.2 Å². The van der Waals surface area contributed by atoms with E-state index in [1.165, 1.54) is 32.1 Å². The van der Waals surface area contributed by atoms with Gasteiger partial charge < -0.3 is 15.0 Å². The van der Waals surface area contributed by atoms with E-state index in [1.807, 2.05) is 4.90 Å². The average molecular weight is 439 g/mol. The molecule has 1 unspecified atom stereocenters. The Labute approximate surface area is 189 Å². The van der Waals surface area contributed by atoms with Gasteiger partial charge in [-0.3, -0.25) is 9.59 Å². The maximum Gasteiger partial charge on any atom is 0.223 e. The first-order chi connectivity index (χ1) is 15.3. The number of nitrogens with one attached hydrogen (secondary N) is 1. The summed E-state index contributed by atoms with van der Waals surface area (Å²) in [5.74, 6) is 1.88. The van der Waals surface area contributed by atoms with Crippen LogP contribution in [0.25, 0.3) is 0 Å². The molecular formula is C25H34N4O3. The Bertz CT molecular complexity index is 966. The standard InChI is InChI=1S/C25H34N4O3/c1-23(2)9-18-21(19(30)10-23)25(17-11-26-28-22(17)27-18)12-24(32-15-25)13-29(14-24)20(31)8-16-6-4-3-5-7-16/h16,27H,3-15H2,1-2H3. The van der Waals surface area contributed by atoms with Gasteiger partial charge in [0, 0.05) is 29.7 Å². The summed E-state index contributed by atoms with van der Waals surface area (Å²) in [6.45, 7) is 6.61. The van der Waals surface area contributed by atoms with E-state index in [9.17, 15) is 9.59 Å². The fraction of sp³-hybridized carbons (Fsp3) is 0.760. The summed E-state index contributed by atoms with van der Waals surface area (Å²) in [6.07, 6.45) is 9.05. The summed E-state index contributed by atoms with van der Waals surface area (Å²) < 4.78 is 6.47. The van der Waals surface area contributed by atoms with Gasteiger partial charge in [-0.1, -0.05) is 33.1 Å². The van der Waals surface area contributed by atoms with Gasteiger partial charge in [-0.25, -0.2) is 0 Å². The lowest BCUT2D eigenvalue weighted by molar-refractivity contribution is -0.158. The molecule has 0 aromatic carbocycles. The van der Waals surface area contributed by atoms with Gasteiger partial charge in [0.1, 0.15) is 5.60 Å². The number of rotatable bonds is 2. The van der Waals surface area contributed by atoms with Gasteiger partial charge in [0.25, 0.3) is 0 Å². The van der Waals surface area contributed by atoms with Crippen molar-refractivity contribution in [1.29, 1.82) is 0 Å². The molecule has 172 valence electrons. The van der Waals surface area contributed by atoms with E-state index in [2.05, 4.69) is 29.4 Å². The molecule has 0 aromatic rings. The summed E-state index contributed by atoms with van der Waals surface area (Å²) in [5, 5.41) is 12.1. The minimum Gasteiger partial charge on any atom is -0.370 e. The van der Waals surface area contributed by atoms with E-state index < -0.39 is 5.41 Å². The van der Waals surface area contributed by atoms with Crippen molar-refractivity contribution in [3.63, 3.8) is 0 Å². The summed E-state index contributed by atoms with van der Waals surface area (Å²) in [5.41, 5.74) is 2.18. The number of ether oxygens (including phenoxy) is 1. The number of ketones is 1. The smallest absolute Gasteiger partial charge is 0.223 e. The second-order valence-electron chi connectivity index (χ2n) is 11.8. The highest BCUT2D eigenvalue weighted by Gasteiger charge is 2.62. The lowest BCUT2D eigenvalue weighted by atomic mass is 9.61. The maximum absolute atomic E-state index is 13.4. The van der Waals surface area contributed by atoms with Gasteiger partial charge in [0.2, 0.25) is 5.91 Å². The van der Waals surface area contributed by atoms with Gasteiger partial charge in [-0.05, 0) is 37.0 Å². The third kappa shape index (κ3) is 3.11. The molecule has 1 N–H and O–H groups in total. The molecule has 32 heavy (non-hydrogen) atoms. The van der Waals surface area contributed by atoms with Gasteiger partial charge in [0.05, 0.1) is 31.7 Å². The Hall–Kier alpha value is -2.02. The van der Waals surface area contributed by atoms with Crippen molar-refractivity contribution < 1.29 is 14.3 Å². The van der Waals surface area contributed by atoms with E-state index in [1.54, 1.807) is 0 Å². The van der Waals surface area contributed by atoms with E-state index in [0.717, 1.165) is 35.5 Å². The molecule has 0 aromatic heterocycles. The summed E-state index contributed by atoms with van der Waals surface area (Å²) in [4.78, 5) is 28.3. The molecular weight excluding hydrogens is 404 g/mol. The van der Waals surface area contributed by atoms with Gasteiger partial charge in [0.15, 0.2) is 11.6 Å². The van der Waals surface area contributed by atoms with Crippen LogP contribution in [0.4, 0.5) is 0 Å². The first-order valence-corrected chi connectivity index (χ1v) is 12.4. The van der Waals surface area contributed by atoms with Crippen LogP contribution in [0.3, 0.4) is 0 Å². The number of dihydropyridines is 1. The number of fused-ring (bicyclic) bond motifs is 2. The Morgan fingerprint density at radius 3 is 2.75 bits per heavy atom. The molecule has 2 aliphatic carbocycles. The number of likely N-dealkylation sites (tertiary alicyclic amines) is 1. The third-order valence-corrected chi connectivity index (χ3v) is 8.63. The molecule has 4 heterocycles. The fourth-order valence-electron chi connectivity index (χ4n) is 7.15. The van der Waals surface area contributed by atoms with Gasteiger partial charge >= 0.3 is 0 Å². The molecule has 7 nitrogen and oxygen atoms in total. The molecule has 6 aliphatic rings. The van der Waals surface area contributed by atoms with Crippen molar-refractivity contribution >= 4 is 11.7 Å². The van der Waals surface area contributed by atoms with Crippen LogP contribution in [0.15, 0.2) is 32.9 Å². The first-order valence-electron chi connectivity index (χ1n) is 12.4. The van der Waals surface area contributed by atoms with Crippen LogP contribution in [-0.2, 0) is 14.3 Å². The topological polar surface area (TPSA) is 83.4 Å². The Kier molecular flexibility index (Phi) is 4.49. The van der Waals surface area contributed by atoms with Crippen molar-refractivity contribution in [3.05, 3.63) is 22.7 Å². The van der Waals surface area contributed by atoms with Crippen molar-refractivity contribution in [2.24, 2.45) is 27.0 Å². The second-order valence-corrected chi connectivity index (χ2v) is 11.8. The molecule has 0 bridgehead atoms. The van der Waals surface area contributed by atoms with E-state index in [-0.39, 0.29) is 22.7 Å². The number of amides is 1. The molecule has 7 heteroatoms.